The van der Waals surface area contributed by atoms with Crippen LogP contribution in [0, 0.1) is 18.6 Å². The molecular weight excluding hydrogens is 710 g/mol. The standard InChI is InChI=1S/C41H40F5N3O3S/c1-27-6-15-36-34(22-27)37(50)23-39(53-26-31-4-3-5-35(42)40(31)43)49(36)25-38(51)48(33-16-18-47(19-17-33)20-21-52-2)24-28-7-9-29(10-8-28)30-11-13-32(14-12-30)41(44,45)46/h3-15,22-23,33H,16-21,24-26H2,1-2H3/i3D,4D,5D,6D,7D,8D,9D,10D,11D,12D,13D,14D,15D,16D2,17D2,18D2,19D2,20D2,21D2,22D,23D,24D2,25D2,26D2,33D. The molecule has 1 saturated heterocycles. The summed E-state index contributed by atoms with van der Waals surface area (Å²) < 4.78 is 378. The summed E-state index contributed by atoms with van der Waals surface area (Å²) in [4.78, 5) is 27.7. The summed E-state index contributed by atoms with van der Waals surface area (Å²) in [7, 11) is 0.384. The Morgan fingerprint density at radius 1 is 1.02 bits per heavy atom. The second-order valence-electron chi connectivity index (χ2n) is 9.84. The van der Waals surface area contributed by atoms with E-state index < -0.39 is 259 Å². The number of methoxy groups -OCH3 is 1. The quantitative estimate of drug-likeness (QED) is 0.0937. The van der Waals surface area contributed by atoms with Crippen molar-refractivity contribution in [3.8, 4) is 11.1 Å². The van der Waals surface area contributed by atoms with Gasteiger partial charge in [-0.2, -0.15) is 13.2 Å². The van der Waals surface area contributed by atoms with Crippen LogP contribution in [0.1, 0.15) is 81.6 Å². The van der Waals surface area contributed by atoms with E-state index in [-0.39, 0.29) is 0 Å². The normalized spacial score (nSPS) is 29.2. The van der Waals surface area contributed by atoms with E-state index in [2.05, 4.69) is 4.74 Å². The highest BCUT2D eigenvalue weighted by atomic mass is 32.2. The van der Waals surface area contributed by atoms with E-state index in [0.29, 0.717) is 7.11 Å². The van der Waals surface area contributed by atoms with E-state index in [0.717, 1.165) is 6.92 Å². The van der Waals surface area contributed by atoms with E-state index in [4.69, 9.17) is 34.3 Å². The lowest BCUT2D eigenvalue weighted by molar-refractivity contribution is -0.137. The minimum atomic E-state index is -5.65. The molecule has 6 nitrogen and oxygen atoms in total. The first-order chi connectivity index (χ1) is 38.8. The van der Waals surface area contributed by atoms with Crippen molar-refractivity contribution in [1.29, 1.82) is 0 Å². The maximum atomic E-state index is 16.2. The first-order valence-corrected chi connectivity index (χ1v) is 15.0. The maximum Gasteiger partial charge on any atom is 0.416 e. The molecule has 1 fully saturated rings. The van der Waals surface area contributed by atoms with Gasteiger partial charge in [0.25, 0.3) is 0 Å². The first-order valence-electron chi connectivity index (χ1n) is 31.1. The number of piperidine rings is 1. The van der Waals surface area contributed by atoms with E-state index >= 15 is 13.6 Å². The molecule has 2 heterocycles. The van der Waals surface area contributed by atoms with Gasteiger partial charge in [0.05, 0.1) is 52.8 Å². The number of amides is 1. The molecule has 0 aliphatic carbocycles. The van der Waals surface area contributed by atoms with Crippen LogP contribution >= 0.6 is 11.8 Å². The highest BCUT2D eigenvalue weighted by Crippen LogP contribution is 2.32. The van der Waals surface area contributed by atoms with Gasteiger partial charge in [-0.15, -0.1) is 11.8 Å². The van der Waals surface area contributed by atoms with Crippen LogP contribution in [0.3, 0.4) is 0 Å². The monoisotopic (exact) mass is 783 g/mol. The largest absolute Gasteiger partial charge is 0.416 e. The Morgan fingerprint density at radius 2 is 1.70 bits per heavy atom. The molecule has 0 radical (unpaired) electrons. The molecule has 1 aliphatic heterocycles. The third-order valence-electron chi connectivity index (χ3n) is 6.29. The van der Waals surface area contributed by atoms with Gasteiger partial charge >= 0.3 is 6.18 Å². The van der Waals surface area contributed by atoms with Crippen molar-refractivity contribution in [3.05, 3.63) is 135 Å². The summed E-state index contributed by atoms with van der Waals surface area (Å²) >= 11 is -0.940. The number of likely N-dealkylation sites (tertiary alicyclic amines) is 1. The molecule has 4 aromatic carbocycles. The number of ether oxygens (including phenoxy) is 1. The van der Waals surface area contributed by atoms with Gasteiger partial charge in [-0.1, -0.05) is 59.9 Å². The predicted molar refractivity (Wildman–Crippen MR) is 198 cm³/mol. The van der Waals surface area contributed by atoms with Gasteiger partial charge in [-0.25, -0.2) is 8.78 Å². The van der Waals surface area contributed by atoms with Crippen LogP contribution in [0.4, 0.5) is 22.0 Å². The molecule has 53 heavy (non-hydrogen) atoms. The average Bonchev–Trinajstić information content (AvgIpc) is 0.655. The number of carbonyl (C=O) groups is 1. The highest BCUT2D eigenvalue weighted by Gasteiger charge is 2.31. The maximum absolute atomic E-state index is 16.2. The SMILES string of the molecule is [2H]c1c([2H])c(F)c(F)c(C([2H])([2H])Sc2c([2H])c(=O)c3c([2H])c(C)c([2H])c([2H])c3n2C([2H])([2H])C(=O)N(C([2H])([2H])c2c([2H])c([2H])c(-c3c([2H])c([2H])c(C(F)(F)F)c([2H])c3[2H])c([2H])c2[2H])C2([2H])C([2H])([2H])C([2H])([2H])N(C([2H])([2H])C([2H])([2H])OC)C([2H])([2H])C2([2H])[2H])c1[2H]. The molecular formula is C41H40F5N3O3S. The summed E-state index contributed by atoms with van der Waals surface area (Å²) in [5.74, 6) is -8.12. The third kappa shape index (κ3) is 9.17. The number of aromatic nitrogens is 1. The van der Waals surface area contributed by atoms with Crippen molar-refractivity contribution in [3.63, 3.8) is 0 Å². The number of alkyl halides is 3. The number of fused-ring (bicyclic) bond motifs is 1. The first kappa shape index (κ1) is 14.3. The second kappa shape index (κ2) is 16.7. The molecule has 1 amide bonds. The van der Waals surface area contributed by atoms with Crippen molar-refractivity contribution in [2.24, 2.45) is 0 Å². The van der Waals surface area contributed by atoms with Gasteiger partial charge in [0.1, 0.15) is 6.50 Å². The molecule has 0 saturated carbocycles. The van der Waals surface area contributed by atoms with E-state index in [9.17, 15) is 30.3 Å². The molecule has 0 unspecified atom stereocenters. The minimum absolute atomic E-state index is 0.384. The average molecular weight is 784 g/mol. The summed E-state index contributed by atoms with van der Waals surface area (Å²) in [5, 5.41) is -3.34. The zero-order chi connectivity index (χ0) is 67.8. The van der Waals surface area contributed by atoms with Crippen molar-refractivity contribution < 1.29 is 78.1 Å². The molecule has 6 rings (SSSR count). The van der Waals surface area contributed by atoms with Crippen molar-refractivity contribution >= 4 is 28.6 Å². The highest BCUT2D eigenvalue weighted by molar-refractivity contribution is 7.98. The van der Waals surface area contributed by atoms with Gasteiger partial charge < -0.3 is 19.1 Å². The van der Waals surface area contributed by atoms with E-state index in [1.807, 2.05) is 0 Å². The van der Waals surface area contributed by atoms with Crippen LogP contribution in [-0.2, 0) is 34.4 Å². The molecule has 0 N–H and O–H groups in total. The number of thioether (sulfide) groups is 1. The lowest BCUT2D eigenvalue weighted by Crippen LogP contribution is -2.48. The van der Waals surface area contributed by atoms with Crippen molar-refractivity contribution in [1.82, 2.24) is 14.4 Å². The molecule has 1 aliphatic rings. The number of halogens is 5. The number of hydrogen-bond donors (Lipinski definition) is 0. The summed E-state index contributed by atoms with van der Waals surface area (Å²) in [6.07, 6.45) is -16.3. The number of carbonyl (C=O) groups excluding carboxylic acids is 1. The fourth-order valence-electron chi connectivity index (χ4n) is 3.93. The summed E-state index contributed by atoms with van der Waals surface area (Å²) in [6.45, 7) is -28.2. The minimum Gasteiger partial charge on any atom is -0.383 e. The van der Waals surface area contributed by atoms with E-state index in [1.54, 1.807) is 0 Å². The van der Waals surface area contributed by atoms with Crippen LogP contribution in [0.25, 0.3) is 22.0 Å². The Bertz CT molecular complexity index is 3740. The van der Waals surface area contributed by atoms with Crippen LogP contribution in [0.15, 0.2) is 100 Å². The number of nitrogens with zero attached hydrogens (tertiary/aromatic N) is 3. The van der Waals surface area contributed by atoms with Crippen LogP contribution in [0.5, 0.6) is 0 Å². The molecule has 278 valence electrons. The molecule has 12 heteroatoms. The summed E-state index contributed by atoms with van der Waals surface area (Å²) in [5.41, 5.74) is -17.8. The molecule has 0 atom stereocenters. The number of hydrogen-bond acceptors (Lipinski definition) is 5. The fraction of sp³-hybridized carbons (Fsp3) is 0.317. The Balaban J connectivity index is 1.90. The Morgan fingerprint density at radius 3 is 2.36 bits per heavy atom. The van der Waals surface area contributed by atoms with Gasteiger partial charge in [-0.05, 0) is 66.6 Å². The lowest BCUT2D eigenvalue weighted by atomic mass is 10.00. The third-order valence-corrected chi connectivity index (χ3v) is 7.07. The second-order valence-corrected chi connectivity index (χ2v) is 10.6. The van der Waals surface area contributed by atoms with Gasteiger partial charge in [-0.3, -0.25) is 9.59 Å². The predicted octanol–water partition coefficient (Wildman–Crippen LogP) is 8.71. The Labute approximate surface area is 356 Å². The molecule has 0 bridgehead atoms. The fourth-order valence-corrected chi connectivity index (χ4v) is 4.64. The van der Waals surface area contributed by atoms with Crippen molar-refractivity contribution in [2.75, 3.05) is 33.2 Å². The van der Waals surface area contributed by atoms with Gasteiger partial charge in [0.2, 0.25) is 5.91 Å². The Kier molecular flexibility index (Phi) is 4.49. The van der Waals surface area contributed by atoms with Crippen LogP contribution in [-0.4, -0.2) is 59.5 Å². The molecule has 1 aromatic heterocycles. The van der Waals surface area contributed by atoms with Crippen LogP contribution in [0.2, 0.25) is 0 Å². The number of rotatable bonds is 12. The number of benzene rings is 4. The van der Waals surface area contributed by atoms with E-state index in [1.165, 1.54) is 0 Å². The van der Waals surface area contributed by atoms with Gasteiger partial charge in [0, 0.05) is 78.3 Å². The van der Waals surface area contributed by atoms with Crippen molar-refractivity contribution in [2.45, 2.75) is 55.6 Å². The number of pyridine rings is 1. The topological polar surface area (TPSA) is 54.8 Å². The lowest BCUT2D eigenvalue weighted by Gasteiger charge is -2.39. The Hall–Kier alpha value is -4.52. The smallest absolute Gasteiger partial charge is 0.383 e. The van der Waals surface area contributed by atoms with Gasteiger partial charge in [0.15, 0.2) is 17.1 Å². The summed E-state index contributed by atoms with van der Waals surface area (Å²) in [6, 6.07) is -31.7. The van der Waals surface area contributed by atoms with Crippen LogP contribution < -0.4 is 5.43 Å². The molecule has 5 aromatic rings. The zero-order valence-corrected chi connectivity index (χ0v) is 27.2. The zero-order valence-electron chi connectivity index (χ0n) is 60.4. The molecule has 0 spiro atoms.